The van der Waals surface area contributed by atoms with Crippen LogP contribution in [0.1, 0.15) is 25.3 Å². The third-order valence-electron chi connectivity index (χ3n) is 3.33. The first kappa shape index (κ1) is 12.1. The summed E-state index contributed by atoms with van der Waals surface area (Å²) in [6.45, 7) is 2.55. The largest absolute Gasteiger partial charge is 0.472 e. The highest BCUT2D eigenvalue weighted by molar-refractivity contribution is 7.80. The zero-order valence-corrected chi connectivity index (χ0v) is 10.5. The molecule has 2 rings (SSSR count). The molecule has 1 aliphatic rings. The number of nitrogens with one attached hydrogen (secondary N) is 1. The van der Waals surface area contributed by atoms with E-state index in [4.69, 9.17) is 22.4 Å². The summed E-state index contributed by atoms with van der Waals surface area (Å²) in [6, 6.07) is 1.82. The molecule has 0 aliphatic heterocycles. The number of carbonyl (C=O) groups excluding carboxylic acids is 1. The van der Waals surface area contributed by atoms with Crippen LogP contribution in [0.15, 0.2) is 23.0 Å². The lowest BCUT2D eigenvalue weighted by Crippen LogP contribution is -2.55. The van der Waals surface area contributed by atoms with E-state index < -0.39 is 5.41 Å². The Balaban J connectivity index is 1.96. The van der Waals surface area contributed by atoms with Crippen LogP contribution < -0.4 is 11.1 Å². The van der Waals surface area contributed by atoms with Crippen LogP contribution >= 0.6 is 12.2 Å². The number of rotatable bonds is 4. The van der Waals surface area contributed by atoms with Gasteiger partial charge < -0.3 is 15.5 Å². The number of hydrogen-bond donors (Lipinski definition) is 2. The Morgan fingerprint density at radius 1 is 1.71 bits per heavy atom. The smallest absolute Gasteiger partial charge is 0.233 e. The summed E-state index contributed by atoms with van der Waals surface area (Å²) in [5, 5.41) is 2.86. The fraction of sp³-hybridized carbons (Fsp3) is 0.500. The molecule has 17 heavy (non-hydrogen) atoms. The van der Waals surface area contributed by atoms with E-state index >= 15 is 0 Å². The van der Waals surface area contributed by atoms with Gasteiger partial charge in [-0.2, -0.15) is 0 Å². The third-order valence-corrected chi connectivity index (χ3v) is 3.72. The van der Waals surface area contributed by atoms with Crippen molar-refractivity contribution in [3.63, 3.8) is 0 Å². The third kappa shape index (κ3) is 2.20. The maximum absolute atomic E-state index is 12.1. The molecule has 0 bridgehead atoms. The van der Waals surface area contributed by atoms with Crippen LogP contribution in [0.4, 0.5) is 0 Å². The molecule has 1 aromatic rings. The predicted molar refractivity (Wildman–Crippen MR) is 68.2 cm³/mol. The zero-order valence-electron chi connectivity index (χ0n) is 9.73. The molecule has 4 nitrogen and oxygen atoms in total. The SMILES string of the molecule is CC1CC(C(=O)NCc2ccoc2)(C(N)=S)C1. The Hall–Kier alpha value is -1.36. The molecule has 0 radical (unpaired) electrons. The molecular weight excluding hydrogens is 236 g/mol. The average Bonchev–Trinajstić information content (AvgIpc) is 2.73. The molecule has 3 N–H and O–H groups in total. The van der Waals surface area contributed by atoms with Gasteiger partial charge in [0.15, 0.2) is 0 Å². The number of hydrogen-bond acceptors (Lipinski definition) is 3. The van der Waals surface area contributed by atoms with Crippen molar-refractivity contribution in [1.29, 1.82) is 0 Å². The van der Waals surface area contributed by atoms with Gasteiger partial charge in [0.2, 0.25) is 5.91 Å². The Kier molecular flexibility index (Phi) is 3.19. The van der Waals surface area contributed by atoms with Gasteiger partial charge in [-0.05, 0) is 24.8 Å². The molecule has 0 unspecified atom stereocenters. The highest BCUT2D eigenvalue weighted by Crippen LogP contribution is 2.45. The second kappa shape index (κ2) is 4.49. The van der Waals surface area contributed by atoms with Crippen molar-refractivity contribution >= 4 is 23.1 Å². The van der Waals surface area contributed by atoms with E-state index in [0.717, 1.165) is 18.4 Å². The van der Waals surface area contributed by atoms with E-state index in [-0.39, 0.29) is 5.91 Å². The van der Waals surface area contributed by atoms with Gasteiger partial charge in [-0.15, -0.1) is 0 Å². The number of thiocarbonyl (C=S) groups is 1. The average molecular weight is 252 g/mol. The van der Waals surface area contributed by atoms with Gasteiger partial charge in [-0.1, -0.05) is 19.1 Å². The lowest BCUT2D eigenvalue weighted by atomic mass is 9.62. The van der Waals surface area contributed by atoms with Crippen molar-refractivity contribution in [3.05, 3.63) is 24.2 Å². The topological polar surface area (TPSA) is 68.3 Å². The van der Waals surface area contributed by atoms with Gasteiger partial charge in [0.25, 0.3) is 0 Å². The second-order valence-corrected chi connectivity index (χ2v) is 5.21. The van der Waals surface area contributed by atoms with E-state index in [0.29, 0.717) is 17.5 Å². The van der Waals surface area contributed by atoms with E-state index in [9.17, 15) is 4.79 Å². The van der Waals surface area contributed by atoms with Crippen LogP contribution in [-0.4, -0.2) is 10.9 Å². The van der Waals surface area contributed by atoms with Gasteiger partial charge in [0.1, 0.15) is 0 Å². The van der Waals surface area contributed by atoms with Gasteiger partial charge >= 0.3 is 0 Å². The monoisotopic (exact) mass is 252 g/mol. The molecule has 1 fully saturated rings. The van der Waals surface area contributed by atoms with E-state index in [1.807, 2.05) is 6.07 Å². The van der Waals surface area contributed by atoms with Gasteiger partial charge in [-0.25, -0.2) is 0 Å². The molecule has 1 aromatic heterocycles. The summed E-state index contributed by atoms with van der Waals surface area (Å²) in [6.07, 6.45) is 4.69. The minimum absolute atomic E-state index is 0.0655. The first-order valence-corrected chi connectivity index (χ1v) is 6.05. The standard InChI is InChI=1S/C12H16N2O2S/c1-8-4-12(5-8,10(13)17)11(15)14-6-9-2-3-16-7-9/h2-3,7-8H,4-6H2,1H3,(H2,13,17)(H,14,15). The first-order valence-electron chi connectivity index (χ1n) is 5.64. The first-order chi connectivity index (χ1) is 8.04. The molecule has 0 spiro atoms. The molecule has 5 heteroatoms. The van der Waals surface area contributed by atoms with E-state index in [1.54, 1.807) is 12.5 Å². The molecule has 1 heterocycles. The summed E-state index contributed by atoms with van der Waals surface area (Å²) in [4.78, 5) is 12.4. The molecule has 1 saturated carbocycles. The lowest BCUT2D eigenvalue weighted by molar-refractivity contribution is -0.133. The number of nitrogens with two attached hydrogens (primary N) is 1. The highest BCUT2D eigenvalue weighted by Gasteiger charge is 2.50. The molecule has 0 aromatic carbocycles. The summed E-state index contributed by atoms with van der Waals surface area (Å²) >= 11 is 5.02. The summed E-state index contributed by atoms with van der Waals surface area (Å²) in [7, 11) is 0. The molecule has 1 aliphatic carbocycles. The summed E-state index contributed by atoms with van der Waals surface area (Å²) < 4.78 is 4.94. The minimum atomic E-state index is -0.627. The maximum Gasteiger partial charge on any atom is 0.233 e. The van der Waals surface area contributed by atoms with Crippen molar-refractivity contribution < 1.29 is 9.21 Å². The number of carbonyl (C=O) groups is 1. The van der Waals surface area contributed by atoms with Crippen LogP contribution in [0.3, 0.4) is 0 Å². The van der Waals surface area contributed by atoms with Crippen LogP contribution in [0, 0.1) is 11.3 Å². The van der Waals surface area contributed by atoms with E-state index in [2.05, 4.69) is 12.2 Å². The summed E-state index contributed by atoms with van der Waals surface area (Å²) in [5.74, 6) is 0.445. The van der Waals surface area contributed by atoms with Gasteiger partial charge in [0.05, 0.1) is 22.9 Å². The predicted octanol–water partition coefficient (Wildman–Crippen LogP) is 1.60. The van der Waals surface area contributed by atoms with E-state index in [1.165, 1.54) is 0 Å². The summed E-state index contributed by atoms with van der Waals surface area (Å²) in [5.41, 5.74) is 6.00. The van der Waals surface area contributed by atoms with Crippen molar-refractivity contribution in [3.8, 4) is 0 Å². The van der Waals surface area contributed by atoms with Crippen molar-refractivity contribution in [2.24, 2.45) is 17.1 Å². The Morgan fingerprint density at radius 2 is 2.41 bits per heavy atom. The lowest BCUT2D eigenvalue weighted by Gasteiger charge is -2.44. The van der Waals surface area contributed by atoms with Crippen LogP contribution in [0.2, 0.25) is 0 Å². The second-order valence-electron chi connectivity index (χ2n) is 4.77. The number of amides is 1. The molecule has 92 valence electrons. The van der Waals surface area contributed by atoms with Gasteiger partial charge in [-0.3, -0.25) is 4.79 Å². The van der Waals surface area contributed by atoms with Crippen LogP contribution in [0.25, 0.3) is 0 Å². The van der Waals surface area contributed by atoms with Crippen molar-refractivity contribution in [2.45, 2.75) is 26.3 Å². The fourth-order valence-electron chi connectivity index (χ4n) is 2.37. The molecular formula is C12H16N2O2S. The number of furan rings is 1. The van der Waals surface area contributed by atoms with Crippen LogP contribution in [0.5, 0.6) is 0 Å². The molecule has 1 amide bonds. The highest BCUT2D eigenvalue weighted by atomic mass is 32.1. The fourth-order valence-corrected chi connectivity index (χ4v) is 2.63. The van der Waals surface area contributed by atoms with Gasteiger partial charge in [0, 0.05) is 12.1 Å². The Morgan fingerprint density at radius 3 is 2.88 bits per heavy atom. The quantitative estimate of drug-likeness (QED) is 0.799. The van der Waals surface area contributed by atoms with Crippen molar-refractivity contribution in [2.75, 3.05) is 0 Å². The van der Waals surface area contributed by atoms with Crippen molar-refractivity contribution in [1.82, 2.24) is 5.32 Å². The zero-order chi connectivity index (χ0) is 12.5. The Bertz CT molecular complexity index is 422. The minimum Gasteiger partial charge on any atom is -0.472 e. The molecule has 0 atom stereocenters. The maximum atomic E-state index is 12.1. The normalized spacial score (nSPS) is 27.2. The molecule has 0 saturated heterocycles. The Labute approximate surface area is 106 Å². The van der Waals surface area contributed by atoms with Crippen LogP contribution in [-0.2, 0) is 11.3 Å².